The molecular weight excluding hydrogens is 364 g/mol. The zero-order chi connectivity index (χ0) is 21.8. The minimum atomic E-state index is -0.507. The maximum Gasteiger partial charge on any atom is 0.261 e. The van der Waals surface area contributed by atoms with Gasteiger partial charge in [0, 0.05) is 25.0 Å². The standard InChI is InChI=1S/C23H36N4O2/c1-8-14-27-20(24-18-13-11-10-12-17(18)21(27)28)19(9-2)26(16-15-25(6)7)22(29)23(3,4)5/h10-13,19H,8-9,14-16H2,1-7H3. The van der Waals surface area contributed by atoms with Crippen LogP contribution in [0.3, 0.4) is 0 Å². The number of carbonyl (C=O) groups is 1. The van der Waals surface area contributed by atoms with Crippen molar-refractivity contribution in [2.75, 3.05) is 27.2 Å². The second kappa shape index (κ2) is 9.53. The van der Waals surface area contributed by atoms with Crippen molar-refractivity contribution in [3.8, 4) is 0 Å². The molecule has 1 heterocycles. The summed E-state index contributed by atoms with van der Waals surface area (Å²) in [5, 5.41) is 0.626. The van der Waals surface area contributed by atoms with Crippen molar-refractivity contribution in [2.24, 2.45) is 5.41 Å². The summed E-state index contributed by atoms with van der Waals surface area (Å²) in [5.74, 6) is 0.770. The molecule has 1 unspecified atom stereocenters. The number of rotatable bonds is 8. The van der Waals surface area contributed by atoms with Gasteiger partial charge in [0.05, 0.1) is 16.9 Å². The van der Waals surface area contributed by atoms with E-state index in [1.807, 2.05) is 64.0 Å². The molecule has 1 amide bonds. The molecule has 0 fully saturated rings. The first-order valence-electron chi connectivity index (χ1n) is 10.6. The van der Waals surface area contributed by atoms with Gasteiger partial charge < -0.3 is 9.80 Å². The molecule has 29 heavy (non-hydrogen) atoms. The maximum atomic E-state index is 13.4. The molecule has 1 aromatic heterocycles. The lowest BCUT2D eigenvalue weighted by Crippen LogP contribution is -2.46. The van der Waals surface area contributed by atoms with Crippen LogP contribution in [0.25, 0.3) is 10.9 Å². The highest BCUT2D eigenvalue weighted by molar-refractivity contribution is 5.82. The van der Waals surface area contributed by atoms with Crippen LogP contribution in [-0.4, -0.2) is 52.4 Å². The van der Waals surface area contributed by atoms with Gasteiger partial charge in [0.1, 0.15) is 5.82 Å². The van der Waals surface area contributed by atoms with Crippen LogP contribution in [0.4, 0.5) is 0 Å². The van der Waals surface area contributed by atoms with Gasteiger partial charge in [0.25, 0.3) is 5.56 Å². The smallest absolute Gasteiger partial charge is 0.261 e. The van der Waals surface area contributed by atoms with Crippen molar-refractivity contribution >= 4 is 16.8 Å². The topological polar surface area (TPSA) is 58.4 Å². The van der Waals surface area contributed by atoms with E-state index in [1.54, 1.807) is 4.57 Å². The van der Waals surface area contributed by atoms with E-state index in [-0.39, 0.29) is 17.5 Å². The molecule has 0 aliphatic carbocycles. The molecule has 2 rings (SSSR count). The lowest BCUT2D eigenvalue weighted by atomic mass is 9.93. The van der Waals surface area contributed by atoms with E-state index in [1.165, 1.54) is 0 Å². The van der Waals surface area contributed by atoms with Crippen LogP contribution in [0.1, 0.15) is 59.3 Å². The molecule has 6 heteroatoms. The van der Waals surface area contributed by atoms with Crippen molar-refractivity contribution in [2.45, 2.75) is 60.0 Å². The lowest BCUT2D eigenvalue weighted by Gasteiger charge is -2.37. The average molecular weight is 401 g/mol. The Morgan fingerprint density at radius 3 is 2.34 bits per heavy atom. The maximum absolute atomic E-state index is 13.4. The van der Waals surface area contributed by atoms with Crippen LogP contribution in [0.5, 0.6) is 0 Å². The number of hydrogen-bond donors (Lipinski definition) is 0. The number of nitrogens with zero attached hydrogens (tertiary/aromatic N) is 4. The van der Waals surface area contributed by atoms with E-state index in [2.05, 4.69) is 18.7 Å². The Labute approximate surface area is 174 Å². The van der Waals surface area contributed by atoms with Crippen molar-refractivity contribution in [3.05, 3.63) is 40.4 Å². The summed E-state index contributed by atoms with van der Waals surface area (Å²) in [4.78, 5) is 35.5. The minimum Gasteiger partial charge on any atom is -0.331 e. The number of likely N-dealkylation sites (N-methyl/N-ethyl adjacent to an activating group) is 1. The Kier molecular flexibility index (Phi) is 7.58. The molecule has 160 valence electrons. The van der Waals surface area contributed by atoms with Crippen LogP contribution in [0.2, 0.25) is 0 Å². The fraction of sp³-hybridized carbons (Fsp3) is 0.609. The number of para-hydroxylation sites is 1. The summed E-state index contributed by atoms with van der Waals surface area (Å²) >= 11 is 0. The number of aromatic nitrogens is 2. The summed E-state index contributed by atoms with van der Waals surface area (Å²) in [6, 6.07) is 7.22. The summed E-state index contributed by atoms with van der Waals surface area (Å²) in [7, 11) is 4.00. The third kappa shape index (κ3) is 5.24. The number of amides is 1. The number of benzene rings is 1. The molecule has 0 spiro atoms. The van der Waals surface area contributed by atoms with Gasteiger partial charge in [-0.15, -0.1) is 0 Å². The Balaban J connectivity index is 2.67. The van der Waals surface area contributed by atoms with Crippen LogP contribution in [0.15, 0.2) is 29.1 Å². The summed E-state index contributed by atoms with van der Waals surface area (Å²) < 4.78 is 1.77. The molecule has 1 atom stereocenters. The molecule has 1 aromatic carbocycles. The van der Waals surface area contributed by atoms with Crippen molar-refractivity contribution in [1.82, 2.24) is 19.4 Å². The zero-order valence-electron chi connectivity index (χ0n) is 19.0. The van der Waals surface area contributed by atoms with Crippen LogP contribution in [-0.2, 0) is 11.3 Å². The van der Waals surface area contributed by atoms with E-state index >= 15 is 0 Å². The Hall–Kier alpha value is -2.21. The van der Waals surface area contributed by atoms with Crippen LogP contribution in [0, 0.1) is 5.41 Å². The first-order valence-corrected chi connectivity index (χ1v) is 10.6. The Bertz CT molecular complexity index is 896. The number of hydrogen-bond acceptors (Lipinski definition) is 4. The molecule has 0 N–H and O–H groups in total. The average Bonchev–Trinajstić information content (AvgIpc) is 2.66. The normalized spacial score (nSPS) is 13.1. The van der Waals surface area contributed by atoms with Crippen molar-refractivity contribution < 1.29 is 4.79 Å². The molecular formula is C23H36N4O2. The monoisotopic (exact) mass is 400 g/mol. The molecule has 0 aliphatic heterocycles. The van der Waals surface area contributed by atoms with Gasteiger partial charge in [-0.05, 0) is 39.1 Å². The van der Waals surface area contributed by atoms with Gasteiger partial charge in [-0.25, -0.2) is 4.98 Å². The second-order valence-corrected chi connectivity index (χ2v) is 8.92. The summed E-state index contributed by atoms with van der Waals surface area (Å²) in [6.45, 7) is 11.9. The highest BCUT2D eigenvalue weighted by Crippen LogP contribution is 2.29. The quantitative estimate of drug-likeness (QED) is 0.678. The highest BCUT2D eigenvalue weighted by atomic mass is 16.2. The third-order valence-electron chi connectivity index (χ3n) is 5.09. The summed E-state index contributed by atoms with van der Waals surface area (Å²) in [5.41, 5.74) is 0.155. The van der Waals surface area contributed by atoms with E-state index in [4.69, 9.17) is 4.98 Å². The van der Waals surface area contributed by atoms with Gasteiger partial charge in [-0.1, -0.05) is 46.8 Å². The molecule has 2 aromatic rings. The van der Waals surface area contributed by atoms with Gasteiger partial charge in [-0.2, -0.15) is 0 Å². The van der Waals surface area contributed by atoms with E-state index in [9.17, 15) is 9.59 Å². The molecule has 0 radical (unpaired) electrons. The predicted molar refractivity (Wildman–Crippen MR) is 119 cm³/mol. The lowest BCUT2D eigenvalue weighted by molar-refractivity contribution is -0.142. The van der Waals surface area contributed by atoms with E-state index in [0.717, 1.165) is 13.0 Å². The third-order valence-corrected chi connectivity index (χ3v) is 5.09. The zero-order valence-corrected chi connectivity index (χ0v) is 19.0. The Morgan fingerprint density at radius 2 is 1.79 bits per heavy atom. The number of carbonyl (C=O) groups excluding carboxylic acids is 1. The predicted octanol–water partition coefficient (Wildman–Crippen LogP) is 3.69. The number of fused-ring (bicyclic) bond motifs is 1. The SMILES string of the molecule is CCCn1c(C(CC)N(CCN(C)C)C(=O)C(C)(C)C)nc2ccccc2c1=O. The molecule has 0 bridgehead atoms. The minimum absolute atomic E-state index is 0.0262. The molecule has 0 saturated heterocycles. The van der Waals surface area contributed by atoms with Crippen LogP contribution < -0.4 is 5.56 Å². The highest BCUT2D eigenvalue weighted by Gasteiger charge is 2.34. The first-order chi connectivity index (χ1) is 13.6. The Morgan fingerprint density at radius 1 is 1.14 bits per heavy atom. The van der Waals surface area contributed by atoms with Gasteiger partial charge in [0.2, 0.25) is 5.91 Å². The van der Waals surface area contributed by atoms with Gasteiger partial charge >= 0.3 is 0 Å². The second-order valence-electron chi connectivity index (χ2n) is 8.92. The fourth-order valence-electron chi connectivity index (χ4n) is 3.56. The van der Waals surface area contributed by atoms with Crippen molar-refractivity contribution in [1.29, 1.82) is 0 Å². The van der Waals surface area contributed by atoms with Gasteiger partial charge in [-0.3, -0.25) is 14.2 Å². The largest absolute Gasteiger partial charge is 0.331 e. The first kappa shape index (κ1) is 23.1. The molecule has 0 aliphatic rings. The summed E-state index contributed by atoms with van der Waals surface area (Å²) in [6.07, 6.45) is 1.53. The van der Waals surface area contributed by atoms with Crippen LogP contribution >= 0.6 is 0 Å². The van der Waals surface area contributed by atoms with E-state index in [0.29, 0.717) is 36.2 Å². The molecule has 6 nitrogen and oxygen atoms in total. The van der Waals surface area contributed by atoms with Crippen molar-refractivity contribution in [3.63, 3.8) is 0 Å². The van der Waals surface area contributed by atoms with Gasteiger partial charge in [0.15, 0.2) is 0 Å². The fourth-order valence-corrected chi connectivity index (χ4v) is 3.56. The molecule has 0 saturated carbocycles. The van der Waals surface area contributed by atoms with E-state index < -0.39 is 5.41 Å².